The van der Waals surface area contributed by atoms with Gasteiger partial charge in [-0.25, -0.2) is 4.79 Å². The van der Waals surface area contributed by atoms with Crippen LogP contribution in [0.5, 0.6) is 11.5 Å². The van der Waals surface area contributed by atoms with Gasteiger partial charge in [-0.2, -0.15) is 0 Å². The molecule has 4 nitrogen and oxygen atoms in total. The number of aromatic hydroxyl groups is 1. The van der Waals surface area contributed by atoms with Crippen LogP contribution in [0.15, 0.2) is 42.5 Å². The molecule has 0 fully saturated rings. The highest BCUT2D eigenvalue weighted by atomic mass is 16.5. The molecule has 2 rings (SSSR count). The molecule has 2 aromatic carbocycles. The van der Waals surface area contributed by atoms with Crippen LogP contribution in [0.2, 0.25) is 0 Å². The van der Waals surface area contributed by atoms with E-state index in [1.54, 1.807) is 24.3 Å². The summed E-state index contributed by atoms with van der Waals surface area (Å²) in [5.74, 6) is -0.474. The van der Waals surface area contributed by atoms with E-state index in [2.05, 4.69) is 0 Å². The molecule has 0 atom stereocenters. The van der Waals surface area contributed by atoms with Crippen molar-refractivity contribution in [1.82, 2.24) is 0 Å². The van der Waals surface area contributed by atoms with Gasteiger partial charge in [0.2, 0.25) is 0 Å². The molecule has 4 heteroatoms. The quantitative estimate of drug-likeness (QED) is 0.903. The zero-order valence-corrected chi connectivity index (χ0v) is 12.3. The van der Waals surface area contributed by atoms with Gasteiger partial charge >= 0.3 is 5.97 Å². The second-order valence-corrected chi connectivity index (χ2v) is 5.39. The highest BCUT2D eigenvalue weighted by molar-refractivity contribution is 5.91. The molecule has 2 N–H and O–H groups in total. The molecule has 0 bridgehead atoms. The van der Waals surface area contributed by atoms with Crippen molar-refractivity contribution in [3.05, 3.63) is 59.2 Å². The van der Waals surface area contributed by atoms with Crippen molar-refractivity contribution in [3.8, 4) is 11.5 Å². The van der Waals surface area contributed by atoms with Crippen molar-refractivity contribution in [2.45, 2.75) is 19.3 Å². The summed E-state index contributed by atoms with van der Waals surface area (Å²) in [5, 5.41) is 18.7. The first-order chi connectivity index (χ1) is 9.86. The second-order valence-electron chi connectivity index (χ2n) is 5.39. The minimum atomic E-state index is -1.02. The summed E-state index contributed by atoms with van der Waals surface area (Å²) in [7, 11) is 1.45. The van der Waals surface area contributed by atoms with E-state index in [4.69, 9.17) is 4.74 Å². The van der Waals surface area contributed by atoms with Gasteiger partial charge in [-0.3, -0.25) is 0 Å². The Morgan fingerprint density at radius 1 is 1.05 bits per heavy atom. The van der Waals surface area contributed by atoms with Crippen LogP contribution in [0.4, 0.5) is 0 Å². The molecule has 0 unspecified atom stereocenters. The first kappa shape index (κ1) is 14.9. The molecular weight excluding hydrogens is 268 g/mol. The van der Waals surface area contributed by atoms with Crippen LogP contribution in [-0.4, -0.2) is 23.3 Å². The third-order valence-corrected chi connectivity index (χ3v) is 3.74. The van der Waals surface area contributed by atoms with Gasteiger partial charge in [0.15, 0.2) is 0 Å². The number of carboxylic acids is 1. The van der Waals surface area contributed by atoms with Crippen LogP contribution in [-0.2, 0) is 5.41 Å². The van der Waals surface area contributed by atoms with E-state index in [0.29, 0.717) is 5.75 Å². The van der Waals surface area contributed by atoms with Gasteiger partial charge in [0.1, 0.15) is 17.1 Å². The van der Waals surface area contributed by atoms with Crippen LogP contribution >= 0.6 is 0 Å². The van der Waals surface area contributed by atoms with Crippen molar-refractivity contribution in [1.29, 1.82) is 0 Å². The summed E-state index contributed by atoms with van der Waals surface area (Å²) in [6.07, 6.45) is 0. The Bertz CT molecular complexity index is 657. The van der Waals surface area contributed by atoms with E-state index < -0.39 is 5.97 Å². The fraction of sp³-hybridized carbons (Fsp3) is 0.235. The number of carbonyl (C=O) groups is 1. The monoisotopic (exact) mass is 286 g/mol. The topological polar surface area (TPSA) is 66.8 Å². The number of ether oxygens (including phenoxy) is 1. The minimum Gasteiger partial charge on any atom is -0.508 e. The Kier molecular flexibility index (Phi) is 3.89. The number of aromatic carboxylic acids is 1. The Morgan fingerprint density at radius 2 is 1.62 bits per heavy atom. The molecular formula is C17H18O4. The van der Waals surface area contributed by atoms with Gasteiger partial charge in [0.25, 0.3) is 0 Å². The summed E-state index contributed by atoms with van der Waals surface area (Å²) in [6, 6.07) is 12.1. The number of carboxylic acid groups (broad SMARTS) is 1. The Hall–Kier alpha value is -2.49. The van der Waals surface area contributed by atoms with Crippen LogP contribution in [0.1, 0.15) is 35.3 Å². The molecule has 0 heterocycles. The van der Waals surface area contributed by atoms with Crippen molar-refractivity contribution < 1.29 is 19.7 Å². The fourth-order valence-corrected chi connectivity index (χ4v) is 2.31. The van der Waals surface area contributed by atoms with Gasteiger partial charge in [-0.05, 0) is 35.4 Å². The van der Waals surface area contributed by atoms with Crippen LogP contribution < -0.4 is 4.74 Å². The lowest BCUT2D eigenvalue weighted by atomic mass is 9.77. The van der Waals surface area contributed by atoms with Crippen molar-refractivity contribution in [2.75, 3.05) is 7.11 Å². The van der Waals surface area contributed by atoms with Crippen LogP contribution in [0.3, 0.4) is 0 Å². The van der Waals surface area contributed by atoms with E-state index in [1.807, 2.05) is 32.0 Å². The second kappa shape index (κ2) is 5.48. The van der Waals surface area contributed by atoms with Gasteiger partial charge in [0.05, 0.1) is 7.11 Å². The van der Waals surface area contributed by atoms with Gasteiger partial charge < -0.3 is 14.9 Å². The normalized spacial score (nSPS) is 11.2. The number of hydrogen-bond acceptors (Lipinski definition) is 3. The molecule has 0 aliphatic carbocycles. The summed E-state index contributed by atoms with van der Waals surface area (Å²) in [5.41, 5.74) is 1.61. The van der Waals surface area contributed by atoms with Crippen molar-refractivity contribution >= 4 is 5.97 Å². The van der Waals surface area contributed by atoms with Crippen molar-refractivity contribution in [3.63, 3.8) is 0 Å². The highest BCUT2D eigenvalue weighted by Crippen LogP contribution is 2.34. The molecule has 2 aromatic rings. The number of benzene rings is 2. The molecule has 0 aliphatic rings. The maximum atomic E-state index is 11.3. The predicted octanol–water partition coefficient (Wildman–Crippen LogP) is 3.42. The van der Waals surface area contributed by atoms with E-state index >= 15 is 0 Å². The lowest BCUT2D eigenvalue weighted by molar-refractivity contribution is 0.0693. The van der Waals surface area contributed by atoms with Crippen LogP contribution in [0, 0.1) is 0 Å². The Labute approximate surface area is 123 Å². The van der Waals surface area contributed by atoms with Gasteiger partial charge in [-0.1, -0.05) is 32.0 Å². The van der Waals surface area contributed by atoms with Crippen molar-refractivity contribution in [2.24, 2.45) is 0 Å². The smallest absolute Gasteiger partial charge is 0.339 e. The van der Waals surface area contributed by atoms with E-state index in [-0.39, 0.29) is 16.7 Å². The van der Waals surface area contributed by atoms with E-state index in [1.165, 1.54) is 7.11 Å². The van der Waals surface area contributed by atoms with Gasteiger partial charge in [0, 0.05) is 5.41 Å². The highest BCUT2D eigenvalue weighted by Gasteiger charge is 2.25. The third kappa shape index (κ3) is 2.84. The molecule has 0 saturated heterocycles. The Balaban J connectivity index is 2.51. The fourth-order valence-electron chi connectivity index (χ4n) is 2.31. The van der Waals surface area contributed by atoms with Gasteiger partial charge in [-0.15, -0.1) is 0 Å². The maximum Gasteiger partial charge on any atom is 0.339 e. The lowest BCUT2D eigenvalue weighted by Gasteiger charge is -2.26. The number of methoxy groups -OCH3 is 1. The summed E-state index contributed by atoms with van der Waals surface area (Å²) in [6.45, 7) is 4.01. The zero-order chi connectivity index (χ0) is 15.6. The summed E-state index contributed by atoms with van der Waals surface area (Å²) >= 11 is 0. The predicted molar refractivity (Wildman–Crippen MR) is 80.2 cm³/mol. The molecule has 0 amide bonds. The molecule has 0 radical (unpaired) electrons. The number of phenols is 1. The molecule has 110 valence electrons. The zero-order valence-electron chi connectivity index (χ0n) is 12.3. The molecule has 21 heavy (non-hydrogen) atoms. The maximum absolute atomic E-state index is 11.3. The van der Waals surface area contributed by atoms with Crippen LogP contribution in [0.25, 0.3) is 0 Å². The standard InChI is InChI=1S/C17H18O4/c1-17(2,11-4-7-13(18)8-5-11)12-6-9-15(21-3)14(10-12)16(19)20/h4-10,18H,1-3H3,(H,19,20). The van der Waals surface area contributed by atoms with E-state index in [9.17, 15) is 15.0 Å². The lowest BCUT2D eigenvalue weighted by Crippen LogP contribution is -2.19. The van der Waals surface area contributed by atoms with E-state index in [0.717, 1.165) is 11.1 Å². The number of rotatable bonds is 4. The first-order valence-electron chi connectivity index (χ1n) is 6.57. The largest absolute Gasteiger partial charge is 0.508 e. The molecule has 0 spiro atoms. The first-order valence-corrected chi connectivity index (χ1v) is 6.57. The number of hydrogen-bond donors (Lipinski definition) is 2. The Morgan fingerprint density at radius 3 is 2.14 bits per heavy atom. The SMILES string of the molecule is COc1ccc(C(C)(C)c2ccc(O)cc2)cc1C(=O)O. The molecule has 0 aromatic heterocycles. The summed E-state index contributed by atoms with van der Waals surface area (Å²) < 4.78 is 5.08. The summed E-state index contributed by atoms with van der Waals surface area (Å²) in [4.78, 5) is 11.3. The third-order valence-electron chi connectivity index (χ3n) is 3.74. The molecule has 0 aliphatic heterocycles. The average Bonchev–Trinajstić information content (AvgIpc) is 2.46. The number of phenolic OH excluding ortho intramolecular Hbond substituents is 1. The minimum absolute atomic E-state index is 0.141. The molecule has 0 saturated carbocycles. The average molecular weight is 286 g/mol.